The normalized spacial score (nSPS) is 18.3. The van der Waals surface area contributed by atoms with E-state index in [2.05, 4.69) is 10.2 Å². The monoisotopic (exact) mass is 321 g/mol. The standard InChI is InChI=1S/C17H24FN3O2/c1-12(15-4-6-16(18)7-5-15)19-17(23)13(2)20-8-10-21(11-9-20)14(3)22/h4-7,12-13H,8-11H2,1-3H3,(H,19,23). The summed E-state index contributed by atoms with van der Waals surface area (Å²) in [7, 11) is 0. The van der Waals surface area contributed by atoms with Gasteiger partial charge in [0.05, 0.1) is 12.1 Å². The summed E-state index contributed by atoms with van der Waals surface area (Å²) in [5.41, 5.74) is 0.869. The Kier molecular flexibility index (Phi) is 5.71. The fourth-order valence-electron chi connectivity index (χ4n) is 2.76. The molecule has 2 amide bonds. The SMILES string of the molecule is CC(=O)N1CCN(C(C)C(=O)NC(C)c2ccc(F)cc2)CC1. The third-order valence-electron chi connectivity index (χ3n) is 4.42. The molecule has 1 heterocycles. The molecule has 0 aromatic heterocycles. The van der Waals surface area contributed by atoms with Crippen molar-refractivity contribution in [3.05, 3.63) is 35.6 Å². The molecule has 0 radical (unpaired) electrons. The number of carbonyl (C=O) groups excluding carboxylic acids is 2. The number of amides is 2. The first-order valence-electron chi connectivity index (χ1n) is 7.94. The van der Waals surface area contributed by atoms with Crippen molar-refractivity contribution in [2.75, 3.05) is 26.2 Å². The first-order chi connectivity index (χ1) is 10.9. The molecule has 1 saturated heterocycles. The molecule has 0 spiro atoms. The summed E-state index contributed by atoms with van der Waals surface area (Å²) in [5.74, 6) is -0.270. The number of piperazine rings is 1. The van der Waals surface area contributed by atoms with E-state index < -0.39 is 0 Å². The van der Waals surface area contributed by atoms with Crippen LogP contribution in [0, 0.1) is 5.82 Å². The number of rotatable bonds is 4. The van der Waals surface area contributed by atoms with Crippen molar-refractivity contribution in [2.45, 2.75) is 32.9 Å². The number of hydrogen-bond acceptors (Lipinski definition) is 3. The Morgan fingerprint density at radius 3 is 2.17 bits per heavy atom. The zero-order valence-corrected chi connectivity index (χ0v) is 13.9. The van der Waals surface area contributed by atoms with Gasteiger partial charge in [0, 0.05) is 33.1 Å². The van der Waals surface area contributed by atoms with Crippen molar-refractivity contribution in [2.24, 2.45) is 0 Å². The molecule has 5 nitrogen and oxygen atoms in total. The van der Waals surface area contributed by atoms with Crippen LogP contribution in [0.3, 0.4) is 0 Å². The van der Waals surface area contributed by atoms with Crippen LogP contribution in [0.25, 0.3) is 0 Å². The van der Waals surface area contributed by atoms with E-state index in [9.17, 15) is 14.0 Å². The predicted molar refractivity (Wildman–Crippen MR) is 86.2 cm³/mol. The van der Waals surface area contributed by atoms with Crippen molar-refractivity contribution in [3.63, 3.8) is 0 Å². The van der Waals surface area contributed by atoms with Crippen LogP contribution in [0.1, 0.15) is 32.4 Å². The van der Waals surface area contributed by atoms with Crippen LogP contribution in [0.15, 0.2) is 24.3 Å². The number of hydrogen-bond donors (Lipinski definition) is 1. The van der Waals surface area contributed by atoms with E-state index >= 15 is 0 Å². The van der Waals surface area contributed by atoms with E-state index in [1.807, 2.05) is 13.8 Å². The Labute approximate surface area is 136 Å². The van der Waals surface area contributed by atoms with Gasteiger partial charge in [0.15, 0.2) is 0 Å². The number of carbonyl (C=O) groups is 2. The van der Waals surface area contributed by atoms with Gasteiger partial charge in [-0.15, -0.1) is 0 Å². The molecule has 2 atom stereocenters. The van der Waals surface area contributed by atoms with Gasteiger partial charge >= 0.3 is 0 Å². The van der Waals surface area contributed by atoms with Gasteiger partial charge < -0.3 is 10.2 Å². The van der Waals surface area contributed by atoms with Gasteiger partial charge in [0.2, 0.25) is 11.8 Å². The van der Waals surface area contributed by atoms with Crippen LogP contribution in [0.4, 0.5) is 4.39 Å². The van der Waals surface area contributed by atoms with Gasteiger partial charge in [-0.3, -0.25) is 14.5 Å². The smallest absolute Gasteiger partial charge is 0.237 e. The van der Waals surface area contributed by atoms with E-state index in [0.29, 0.717) is 26.2 Å². The van der Waals surface area contributed by atoms with Crippen molar-refractivity contribution in [1.82, 2.24) is 15.1 Å². The number of halogens is 1. The Balaban J connectivity index is 1.87. The molecule has 1 fully saturated rings. The van der Waals surface area contributed by atoms with Crippen LogP contribution >= 0.6 is 0 Å². The molecule has 2 unspecified atom stereocenters. The van der Waals surface area contributed by atoms with Crippen LogP contribution < -0.4 is 5.32 Å². The fourth-order valence-corrected chi connectivity index (χ4v) is 2.76. The summed E-state index contributed by atoms with van der Waals surface area (Å²) in [6.07, 6.45) is 0. The second-order valence-electron chi connectivity index (χ2n) is 6.00. The maximum absolute atomic E-state index is 13.0. The Morgan fingerprint density at radius 1 is 1.09 bits per heavy atom. The van der Waals surface area contributed by atoms with E-state index in [0.717, 1.165) is 5.56 Å². The van der Waals surface area contributed by atoms with E-state index in [-0.39, 0.29) is 29.7 Å². The summed E-state index contributed by atoms with van der Waals surface area (Å²) in [5, 5.41) is 2.96. The van der Waals surface area contributed by atoms with Crippen LogP contribution in [-0.2, 0) is 9.59 Å². The highest BCUT2D eigenvalue weighted by atomic mass is 19.1. The molecule has 0 aliphatic carbocycles. The van der Waals surface area contributed by atoms with Gasteiger partial charge in [-0.2, -0.15) is 0 Å². The van der Waals surface area contributed by atoms with Gasteiger partial charge in [-0.25, -0.2) is 4.39 Å². The average Bonchev–Trinajstić information content (AvgIpc) is 2.54. The molecule has 1 aliphatic heterocycles. The number of benzene rings is 1. The van der Waals surface area contributed by atoms with Gasteiger partial charge in [0.25, 0.3) is 0 Å². The lowest BCUT2D eigenvalue weighted by Gasteiger charge is -2.37. The summed E-state index contributed by atoms with van der Waals surface area (Å²) in [6.45, 7) is 8.01. The topological polar surface area (TPSA) is 52.7 Å². The maximum Gasteiger partial charge on any atom is 0.237 e. The lowest BCUT2D eigenvalue weighted by atomic mass is 10.1. The Hall–Kier alpha value is -1.95. The first kappa shape index (κ1) is 17.4. The van der Waals surface area contributed by atoms with Crippen molar-refractivity contribution in [3.8, 4) is 0 Å². The molecule has 2 rings (SSSR count). The zero-order chi connectivity index (χ0) is 17.0. The summed E-state index contributed by atoms with van der Waals surface area (Å²) in [6, 6.07) is 5.70. The maximum atomic E-state index is 13.0. The lowest BCUT2D eigenvalue weighted by Crippen LogP contribution is -2.54. The van der Waals surface area contributed by atoms with Crippen LogP contribution in [0.2, 0.25) is 0 Å². The third-order valence-corrected chi connectivity index (χ3v) is 4.42. The summed E-state index contributed by atoms with van der Waals surface area (Å²) in [4.78, 5) is 27.6. The first-order valence-corrected chi connectivity index (χ1v) is 7.94. The second-order valence-corrected chi connectivity index (χ2v) is 6.00. The van der Waals surface area contributed by atoms with E-state index in [1.54, 1.807) is 24.0 Å². The quantitative estimate of drug-likeness (QED) is 0.915. The Bertz CT molecular complexity index is 553. The third kappa shape index (κ3) is 4.51. The van der Waals surface area contributed by atoms with Crippen LogP contribution in [-0.4, -0.2) is 53.8 Å². The van der Waals surface area contributed by atoms with E-state index in [1.165, 1.54) is 12.1 Å². The Morgan fingerprint density at radius 2 is 1.65 bits per heavy atom. The molecule has 1 aliphatic rings. The molecule has 0 bridgehead atoms. The number of nitrogens with zero attached hydrogens (tertiary/aromatic N) is 2. The minimum atomic E-state index is -0.288. The molecule has 1 aromatic carbocycles. The van der Waals surface area contributed by atoms with Gasteiger partial charge in [-0.05, 0) is 31.5 Å². The molecule has 1 aromatic rings. The highest BCUT2D eigenvalue weighted by Crippen LogP contribution is 2.14. The highest BCUT2D eigenvalue weighted by molar-refractivity contribution is 5.81. The molecule has 126 valence electrons. The number of nitrogens with one attached hydrogen (secondary N) is 1. The lowest BCUT2D eigenvalue weighted by molar-refractivity contribution is -0.132. The minimum absolute atomic E-state index is 0.0573. The summed E-state index contributed by atoms with van der Waals surface area (Å²) < 4.78 is 13.0. The minimum Gasteiger partial charge on any atom is -0.348 e. The van der Waals surface area contributed by atoms with Crippen molar-refractivity contribution in [1.29, 1.82) is 0 Å². The van der Waals surface area contributed by atoms with Crippen molar-refractivity contribution < 1.29 is 14.0 Å². The average molecular weight is 321 g/mol. The second kappa shape index (κ2) is 7.55. The largest absolute Gasteiger partial charge is 0.348 e. The molecule has 0 saturated carbocycles. The van der Waals surface area contributed by atoms with E-state index in [4.69, 9.17) is 0 Å². The zero-order valence-electron chi connectivity index (χ0n) is 13.9. The predicted octanol–water partition coefficient (Wildman–Crippen LogP) is 1.56. The van der Waals surface area contributed by atoms with Gasteiger partial charge in [-0.1, -0.05) is 12.1 Å². The molecule has 23 heavy (non-hydrogen) atoms. The summed E-state index contributed by atoms with van der Waals surface area (Å²) >= 11 is 0. The molecular formula is C17H24FN3O2. The molecule has 1 N–H and O–H groups in total. The highest BCUT2D eigenvalue weighted by Gasteiger charge is 2.27. The molecule has 6 heteroatoms. The molecular weight excluding hydrogens is 297 g/mol. The van der Waals surface area contributed by atoms with Gasteiger partial charge in [0.1, 0.15) is 5.82 Å². The fraction of sp³-hybridized carbons (Fsp3) is 0.529. The van der Waals surface area contributed by atoms with Crippen LogP contribution in [0.5, 0.6) is 0 Å². The van der Waals surface area contributed by atoms with Crippen molar-refractivity contribution >= 4 is 11.8 Å².